The van der Waals surface area contributed by atoms with Crippen LogP contribution < -0.4 is 0 Å². The van der Waals surface area contributed by atoms with Gasteiger partial charge in [0.15, 0.2) is 0 Å². The zero-order valence-electron chi connectivity index (χ0n) is 12.9. The maximum Gasteiger partial charge on any atom is 0.135 e. The molecule has 2 aromatic carbocycles. The summed E-state index contributed by atoms with van der Waals surface area (Å²) in [5.74, 6) is 0.506. The first-order valence-corrected chi connectivity index (χ1v) is 8.96. The normalized spacial score (nSPS) is 11.9. The van der Waals surface area contributed by atoms with Crippen LogP contribution in [-0.2, 0) is 0 Å². The van der Waals surface area contributed by atoms with Gasteiger partial charge in [-0.2, -0.15) is 5.26 Å². The minimum absolute atomic E-state index is 0.506. The van der Waals surface area contributed by atoms with Crippen molar-refractivity contribution in [2.24, 2.45) is 0 Å². The van der Waals surface area contributed by atoms with Gasteiger partial charge in [-0.25, -0.2) is 4.98 Å². The number of aromatic nitrogens is 1. The molecule has 0 N–H and O–H groups in total. The summed E-state index contributed by atoms with van der Waals surface area (Å²) in [5, 5.41) is 10.3. The van der Waals surface area contributed by atoms with Crippen LogP contribution in [0, 0.1) is 11.3 Å². The number of allylic oxidation sites excluding steroid dienone is 1. The maximum absolute atomic E-state index is 9.50. The van der Waals surface area contributed by atoms with E-state index in [1.165, 1.54) is 5.56 Å². The highest BCUT2D eigenvalue weighted by atomic mass is 79.9. The maximum atomic E-state index is 9.50. The number of hydrogen-bond acceptors (Lipinski definition) is 3. The molecule has 0 saturated heterocycles. The van der Waals surface area contributed by atoms with Gasteiger partial charge >= 0.3 is 0 Å². The third kappa shape index (κ3) is 3.52. The van der Waals surface area contributed by atoms with Gasteiger partial charge in [-0.05, 0) is 41.3 Å². The summed E-state index contributed by atoms with van der Waals surface area (Å²) in [5.41, 5.74) is 3.83. The Morgan fingerprint density at radius 3 is 2.61 bits per heavy atom. The van der Waals surface area contributed by atoms with Gasteiger partial charge in [0.2, 0.25) is 0 Å². The third-order valence-corrected chi connectivity index (χ3v) is 5.18. The Labute approximate surface area is 148 Å². The number of thiazole rings is 1. The molecule has 3 rings (SSSR count). The van der Waals surface area contributed by atoms with Gasteiger partial charge in [-0.1, -0.05) is 54.0 Å². The van der Waals surface area contributed by atoms with Crippen molar-refractivity contribution in [1.29, 1.82) is 5.26 Å². The molecule has 0 unspecified atom stereocenters. The predicted molar refractivity (Wildman–Crippen MR) is 101 cm³/mol. The molecule has 0 aliphatic heterocycles. The van der Waals surface area contributed by atoms with Crippen molar-refractivity contribution < 1.29 is 0 Å². The number of hydrogen-bond donors (Lipinski definition) is 0. The summed E-state index contributed by atoms with van der Waals surface area (Å²) >= 11 is 5.00. The molecule has 4 heteroatoms. The molecule has 3 aromatic rings. The average Bonchev–Trinajstić information content (AvgIpc) is 2.95. The van der Waals surface area contributed by atoms with Crippen molar-refractivity contribution in [3.63, 3.8) is 0 Å². The van der Waals surface area contributed by atoms with Crippen molar-refractivity contribution in [1.82, 2.24) is 4.98 Å². The summed E-state index contributed by atoms with van der Waals surface area (Å²) in [4.78, 5) is 4.58. The number of rotatable bonds is 3. The summed E-state index contributed by atoms with van der Waals surface area (Å²) in [6.45, 7) is 4.34. The zero-order chi connectivity index (χ0) is 16.4. The van der Waals surface area contributed by atoms with Crippen LogP contribution in [0.5, 0.6) is 0 Å². The summed E-state index contributed by atoms with van der Waals surface area (Å²) in [6.07, 6.45) is 1.90. The minimum atomic E-state index is 0.506. The van der Waals surface area contributed by atoms with Gasteiger partial charge in [-0.3, -0.25) is 0 Å². The molecule has 0 aliphatic carbocycles. The molecule has 23 heavy (non-hydrogen) atoms. The Morgan fingerprint density at radius 2 is 1.96 bits per heavy atom. The molecule has 0 saturated carbocycles. The molecule has 0 atom stereocenters. The fourth-order valence-corrected chi connectivity index (χ4v) is 3.56. The van der Waals surface area contributed by atoms with Gasteiger partial charge in [0, 0.05) is 4.47 Å². The first-order valence-electron chi connectivity index (χ1n) is 7.35. The predicted octanol–water partition coefficient (Wildman–Crippen LogP) is 6.25. The Hall–Kier alpha value is -1.96. The Balaban J connectivity index is 1.98. The van der Waals surface area contributed by atoms with E-state index in [1.54, 1.807) is 11.3 Å². The zero-order valence-corrected chi connectivity index (χ0v) is 15.3. The van der Waals surface area contributed by atoms with Gasteiger partial charge in [0.05, 0.1) is 15.8 Å². The molecule has 0 aliphatic rings. The topological polar surface area (TPSA) is 36.7 Å². The molecular formula is C19H15BrN2S. The Kier molecular flexibility index (Phi) is 4.61. The first kappa shape index (κ1) is 15.9. The molecule has 0 fully saturated rings. The van der Waals surface area contributed by atoms with Crippen molar-refractivity contribution in [3.8, 4) is 6.07 Å². The number of nitriles is 1. The lowest BCUT2D eigenvalue weighted by Gasteiger charge is -2.04. The molecule has 114 valence electrons. The van der Waals surface area contributed by atoms with Crippen molar-refractivity contribution in [3.05, 3.63) is 63.1 Å². The number of halogens is 1. The van der Waals surface area contributed by atoms with Crippen molar-refractivity contribution in [2.75, 3.05) is 0 Å². The van der Waals surface area contributed by atoms with Crippen molar-refractivity contribution >= 4 is 49.1 Å². The standard InChI is InChI=1S/C19H15BrN2S/c1-12(2)14-5-3-13(4-6-14)9-15(11-21)19-22-17-10-16(20)7-8-18(17)23-19/h3-10,12H,1-2H3/b15-9+. The lowest BCUT2D eigenvalue weighted by atomic mass is 10.0. The molecule has 0 bridgehead atoms. The number of nitrogens with zero attached hydrogens (tertiary/aromatic N) is 2. The second-order valence-electron chi connectivity index (χ2n) is 5.62. The highest BCUT2D eigenvalue weighted by Crippen LogP contribution is 2.30. The monoisotopic (exact) mass is 382 g/mol. The third-order valence-electron chi connectivity index (χ3n) is 3.61. The van der Waals surface area contributed by atoms with Crippen LogP contribution in [0.1, 0.15) is 35.9 Å². The number of fused-ring (bicyclic) bond motifs is 1. The first-order chi connectivity index (χ1) is 11.1. The van der Waals surface area contributed by atoms with E-state index >= 15 is 0 Å². The highest BCUT2D eigenvalue weighted by molar-refractivity contribution is 9.10. The summed E-state index contributed by atoms with van der Waals surface area (Å²) in [7, 11) is 0. The highest BCUT2D eigenvalue weighted by Gasteiger charge is 2.09. The molecular weight excluding hydrogens is 368 g/mol. The van der Waals surface area contributed by atoms with Crippen LogP contribution >= 0.6 is 27.3 Å². The van der Waals surface area contributed by atoms with Crippen LogP contribution in [0.3, 0.4) is 0 Å². The quantitative estimate of drug-likeness (QED) is 0.502. The van der Waals surface area contributed by atoms with Crippen LogP contribution in [0.4, 0.5) is 0 Å². The number of benzene rings is 2. The summed E-state index contributed by atoms with van der Waals surface area (Å²) < 4.78 is 2.08. The van der Waals surface area contributed by atoms with Crippen LogP contribution in [0.15, 0.2) is 46.9 Å². The lowest BCUT2D eigenvalue weighted by molar-refractivity contribution is 0.866. The van der Waals surface area contributed by atoms with Gasteiger partial charge in [-0.15, -0.1) is 11.3 Å². The van der Waals surface area contributed by atoms with E-state index in [4.69, 9.17) is 0 Å². The van der Waals surface area contributed by atoms with E-state index in [-0.39, 0.29) is 0 Å². The smallest absolute Gasteiger partial charge is 0.135 e. The second kappa shape index (κ2) is 6.66. The van der Waals surface area contributed by atoms with Gasteiger partial charge < -0.3 is 0 Å². The molecule has 1 heterocycles. The van der Waals surface area contributed by atoms with E-state index in [0.29, 0.717) is 11.5 Å². The molecule has 0 amide bonds. The van der Waals surface area contributed by atoms with Crippen LogP contribution in [0.25, 0.3) is 21.9 Å². The van der Waals surface area contributed by atoms with Crippen molar-refractivity contribution in [2.45, 2.75) is 19.8 Å². The largest absolute Gasteiger partial charge is 0.235 e. The van der Waals surface area contributed by atoms with E-state index in [9.17, 15) is 5.26 Å². The minimum Gasteiger partial charge on any atom is -0.235 e. The molecule has 2 nitrogen and oxygen atoms in total. The van der Waals surface area contributed by atoms with Crippen LogP contribution in [0.2, 0.25) is 0 Å². The SMILES string of the molecule is CC(C)c1ccc(/C=C(\C#N)c2nc3cc(Br)ccc3s2)cc1. The Bertz CT molecular complexity index is 915. The summed E-state index contributed by atoms with van der Waals surface area (Å²) in [6, 6.07) is 16.6. The van der Waals surface area contributed by atoms with Gasteiger partial charge in [0.25, 0.3) is 0 Å². The average molecular weight is 383 g/mol. The van der Waals surface area contributed by atoms with Crippen LogP contribution in [-0.4, -0.2) is 4.98 Å². The molecule has 1 aromatic heterocycles. The lowest BCUT2D eigenvalue weighted by Crippen LogP contribution is -1.86. The fraction of sp³-hybridized carbons (Fsp3) is 0.158. The fourth-order valence-electron chi connectivity index (χ4n) is 2.30. The van der Waals surface area contributed by atoms with E-state index in [1.807, 2.05) is 24.3 Å². The van der Waals surface area contributed by atoms with E-state index in [2.05, 4.69) is 65.1 Å². The second-order valence-corrected chi connectivity index (χ2v) is 7.57. The van der Waals surface area contributed by atoms with Gasteiger partial charge in [0.1, 0.15) is 11.1 Å². The van der Waals surface area contributed by atoms with E-state index in [0.717, 1.165) is 25.3 Å². The molecule has 0 spiro atoms. The van der Waals surface area contributed by atoms with E-state index < -0.39 is 0 Å². The Morgan fingerprint density at radius 1 is 1.22 bits per heavy atom. The molecule has 0 radical (unpaired) electrons.